The molecule has 110 valence electrons. The van der Waals surface area contributed by atoms with Gasteiger partial charge in [0.15, 0.2) is 0 Å². The number of alkyl carbamates (subject to hydrolysis) is 1. The Hall–Kier alpha value is -1.45. The molecule has 2 N–H and O–H groups in total. The SMILES string of the molecule is CC(C)(C)OC(=O)NC(CCc1ccccc1)[P+](=O)O. The minimum atomic E-state index is -2.50. The molecular formula is C14H21NO4P+. The van der Waals surface area contributed by atoms with Crippen LogP contribution in [-0.2, 0) is 15.7 Å². The molecule has 0 saturated carbocycles. The average molecular weight is 298 g/mol. The molecule has 1 aromatic rings. The van der Waals surface area contributed by atoms with Crippen LogP contribution >= 0.6 is 8.03 Å². The summed E-state index contributed by atoms with van der Waals surface area (Å²) < 4.78 is 16.4. The van der Waals surface area contributed by atoms with E-state index < -0.39 is 25.5 Å². The van der Waals surface area contributed by atoms with Crippen LogP contribution in [0.1, 0.15) is 32.8 Å². The predicted molar refractivity (Wildman–Crippen MR) is 77.7 cm³/mol. The van der Waals surface area contributed by atoms with Gasteiger partial charge in [-0.15, -0.1) is 0 Å². The Kier molecular flexibility index (Phi) is 6.11. The molecule has 0 aliphatic carbocycles. The van der Waals surface area contributed by atoms with Gasteiger partial charge < -0.3 is 4.74 Å². The number of hydrogen-bond donors (Lipinski definition) is 2. The quantitative estimate of drug-likeness (QED) is 0.818. The van der Waals surface area contributed by atoms with Crippen molar-refractivity contribution in [2.75, 3.05) is 0 Å². The lowest BCUT2D eigenvalue weighted by molar-refractivity contribution is 0.0517. The molecule has 1 amide bonds. The van der Waals surface area contributed by atoms with Crippen molar-refractivity contribution in [3.05, 3.63) is 35.9 Å². The van der Waals surface area contributed by atoms with Crippen molar-refractivity contribution in [1.82, 2.24) is 5.32 Å². The number of aryl methyl sites for hydroxylation is 1. The summed E-state index contributed by atoms with van der Waals surface area (Å²) in [6, 6.07) is 9.60. The van der Waals surface area contributed by atoms with Crippen LogP contribution in [0.3, 0.4) is 0 Å². The van der Waals surface area contributed by atoms with Crippen molar-refractivity contribution < 1.29 is 19.0 Å². The van der Waals surface area contributed by atoms with Gasteiger partial charge in [-0.1, -0.05) is 30.3 Å². The predicted octanol–water partition coefficient (Wildman–Crippen LogP) is 3.20. The zero-order chi connectivity index (χ0) is 15.2. The fraction of sp³-hybridized carbons (Fsp3) is 0.500. The number of amides is 1. The summed E-state index contributed by atoms with van der Waals surface area (Å²) in [5, 5.41) is 2.45. The Morgan fingerprint density at radius 1 is 1.35 bits per heavy atom. The molecule has 0 saturated heterocycles. The number of nitrogens with one attached hydrogen (secondary N) is 1. The van der Waals surface area contributed by atoms with E-state index in [2.05, 4.69) is 5.32 Å². The molecule has 1 rings (SSSR count). The third kappa shape index (κ3) is 6.64. The largest absolute Gasteiger partial charge is 0.530 e. The van der Waals surface area contributed by atoms with Gasteiger partial charge >= 0.3 is 14.1 Å². The van der Waals surface area contributed by atoms with Crippen LogP contribution in [0.25, 0.3) is 0 Å². The zero-order valence-electron chi connectivity index (χ0n) is 12.0. The molecule has 20 heavy (non-hydrogen) atoms. The van der Waals surface area contributed by atoms with E-state index in [0.29, 0.717) is 12.8 Å². The van der Waals surface area contributed by atoms with Crippen molar-refractivity contribution in [3.8, 4) is 0 Å². The maximum absolute atomic E-state index is 11.6. The fourth-order valence-corrected chi connectivity index (χ4v) is 2.20. The Balaban J connectivity index is 2.53. The molecular weight excluding hydrogens is 277 g/mol. The minimum absolute atomic E-state index is 0.384. The van der Waals surface area contributed by atoms with Crippen LogP contribution in [0, 0.1) is 0 Å². The van der Waals surface area contributed by atoms with Crippen LogP contribution < -0.4 is 5.32 Å². The summed E-state index contributed by atoms with van der Waals surface area (Å²) in [4.78, 5) is 20.9. The van der Waals surface area contributed by atoms with E-state index in [9.17, 15) is 14.3 Å². The van der Waals surface area contributed by atoms with Gasteiger partial charge in [-0.25, -0.2) is 4.79 Å². The summed E-state index contributed by atoms with van der Waals surface area (Å²) in [5.41, 5.74) is 0.426. The second-order valence-electron chi connectivity index (χ2n) is 5.49. The number of carbonyl (C=O) groups excluding carboxylic acids is 1. The highest BCUT2D eigenvalue weighted by molar-refractivity contribution is 7.38. The van der Waals surface area contributed by atoms with Gasteiger partial charge in [0, 0.05) is 6.42 Å². The Labute approximate surface area is 120 Å². The Morgan fingerprint density at radius 3 is 2.45 bits per heavy atom. The van der Waals surface area contributed by atoms with E-state index in [0.717, 1.165) is 5.56 Å². The molecule has 0 fully saturated rings. The monoisotopic (exact) mass is 298 g/mol. The number of benzene rings is 1. The first-order valence-electron chi connectivity index (χ1n) is 6.46. The first-order chi connectivity index (χ1) is 9.28. The number of ether oxygens (including phenoxy) is 1. The summed E-state index contributed by atoms with van der Waals surface area (Å²) in [6.45, 7) is 5.22. The van der Waals surface area contributed by atoms with Crippen molar-refractivity contribution in [1.29, 1.82) is 0 Å². The molecule has 0 bridgehead atoms. The van der Waals surface area contributed by atoms with Gasteiger partial charge in [-0.2, -0.15) is 4.89 Å². The van der Waals surface area contributed by atoms with Crippen molar-refractivity contribution in [3.63, 3.8) is 0 Å². The molecule has 6 heteroatoms. The average Bonchev–Trinajstić information content (AvgIpc) is 2.33. The van der Waals surface area contributed by atoms with Crippen molar-refractivity contribution in [2.45, 2.75) is 45.0 Å². The van der Waals surface area contributed by atoms with Gasteiger partial charge in [-0.3, -0.25) is 5.32 Å². The van der Waals surface area contributed by atoms with Crippen LogP contribution in [0.5, 0.6) is 0 Å². The molecule has 0 heterocycles. The van der Waals surface area contributed by atoms with Crippen LogP contribution in [-0.4, -0.2) is 22.4 Å². The lowest BCUT2D eigenvalue weighted by Crippen LogP contribution is -2.37. The van der Waals surface area contributed by atoms with E-state index in [-0.39, 0.29) is 0 Å². The van der Waals surface area contributed by atoms with Crippen molar-refractivity contribution in [2.24, 2.45) is 0 Å². The standard InChI is InChI=1S/C14H20NO4P/c1-14(2,3)19-13(16)15-12(20(17)18)10-9-11-7-5-4-6-8-11/h4-8,12H,9-10H2,1-3H3,(H-,15,16,17,18)/p+1. The molecule has 0 spiro atoms. The maximum atomic E-state index is 11.6. The van der Waals surface area contributed by atoms with E-state index in [4.69, 9.17) is 4.74 Å². The summed E-state index contributed by atoms with van der Waals surface area (Å²) >= 11 is 0. The number of carbonyl (C=O) groups is 1. The third-order valence-corrected chi connectivity index (χ3v) is 3.42. The molecule has 0 aliphatic rings. The van der Waals surface area contributed by atoms with Crippen LogP contribution in [0.2, 0.25) is 0 Å². The molecule has 5 nitrogen and oxygen atoms in total. The van der Waals surface area contributed by atoms with Crippen molar-refractivity contribution >= 4 is 14.1 Å². The Morgan fingerprint density at radius 2 is 1.95 bits per heavy atom. The third-order valence-electron chi connectivity index (χ3n) is 2.50. The number of rotatable bonds is 5. The highest BCUT2D eigenvalue weighted by atomic mass is 31.1. The smallest absolute Gasteiger partial charge is 0.444 e. The lowest BCUT2D eigenvalue weighted by Gasteiger charge is -2.20. The summed E-state index contributed by atoms with van der Waals surface area (Å²) in [5.74, 6) is -0.806. The second kappa shape index (κ2) is 7.36. The van der Waals surface area contributed by atoms with Gasteiger partial charge in [0.25, 0.3) is 5.78 Å². The highest BCUT2D eigenvalue weighted by Crippen LogP contribution is 2.25. The van der Waals surface area contributed by atoms with Gasteiger partial charge in [0.1, 0.15) is 5.60 Å². The lowest BCUT2D eigenvalue weighted by atomic mass is 10.1. The maximum Gasteiger partial charge on any atom is 0.530 e. The minimum Gasteiger partial charge on any atom is -0.444 e. The second-order valence-corrected chi connectivity index (χ2v) is 6.72. The van der Waals surface area contributed by atoms with Gasteiger partial charge in [0.05, 0.1) is 0 Å². The van der Waals surface area contributed by atoms with Crippen LogP contribution in [0.4, 0.5) is 4.79 Å². The molecule has 2 atom stereocenters. The molecule has 1 aromatic carbocycles. The number of hydrogen-bond acceptors (Lipinski definition) is 3. The first kappa shape index (κ1) is 16.6. The first-order valence-corrected chi connectivity index (χ1v) is 7.75. The summed E-state index contributed by atoms with van der Waals surface area (Å²) in [6.07, 6.45) is 0.325. The Bertz CT molecular complexity index is 456. The molecule has 0 aromatic heterocycles. The van der Waals surface area contributed by atoms with Gasteiger partial charge in [0.2, 0.25) is 0 Å². The molecule has 0 radical (unpaired) electrons. The zero-order valence-corrected chi connectivity index (χ0v) is 12.9. The molecule has 2 unspecified atom stereocenters. The van der Waals surface area contributed by atoms with Crippen LogP contribution in [0.15, 0.2) is 30.3 Å². The summed E-state index contributed by atoms with van der Waals surface area (Å²) in [7, 11) is -2.50. The van der Waals surface area contributed by atoms with E-state index in [1.165, 1.54) is 0 Å². The van der Waals surface area contributed by atoms with E-state index in [1.54, 1.807) is 20.8 Å². The van der Waals surface area contributed by atoms with E-state index in [1.807, 2.05) is 30.3 Å². The van der Waals surface area contributed by atoms with E-state index >= 15 is 0 Å². The fourth-order valence-electron chi connectivity index (χ4n) is 1.63. The molecule has 0 aliphatic heterocycles. The van der Waals surface area contributed by atoms with Gasteiger partial charge in [-0.05, 0) is 37.3 Å². The normalized spacial score (nSPS) is 13.5. The highest BCUT2D eigenvalue weighted by Gasteiger charge is 2.32. The topological polar surface area (TPSA) is 75.6 Å².